The van der Waals surface area contributed by atoms with E-state index in [0.717, 1.165) is 35.6 Å². The highest BCUT2D eigenvalue weighted by Crippen LogP contribution is 2.48. The number of aromatic amines is 1. The van der Waals surface area contributed by atoms with Gasteiger partial charge in [-0.1, -0.05) is 6.42 Å². The smallest absolute Gasteiger partial charge is 0.255 e. The van der Waals surface area contributed by atoms with E-state index in [0.29, 0.717) is 5.82 Å². The van der Waals surface area contributed by atoms with Crippen LogP contribution in [-0.2, 0) is 0 Å². The average Bonchev–Trinajstić information content (AvgIpc) is 2.97. The lowest BCUT2D eigenvalue weighted by molar-refractivity contribution is 0.309. The minimum absolute atomic E-state index is 0.00272. The molecule has 2 bridgehead atoms. The van der Waals surface area contributed by atoms with Gasteiger partial charge >= 0.3 is 0 Å². The van der Waals surface area contributed by atoms with E-state index in [1.165, 1.54) is 25.7 Å². The first kappa shape index (κ1) is 13.8. The third kappa shape index (κ3) is 2.53. The highest BCUT2D eigenvalue weighted by molar-refractivity contribution is 5.20. The second-order valence-electron chi connectivity index (χ2n) is 6.72. The number of aryl methyl sites for hydroxylation is 2. The summed E-state index contributed by atoms with van der Waals surface area (Å²) < 4.78 is 0. The van der Waals surface area contributed by atoms with Crippen LogP contribution in [0.15, 0.2) is 4.79 Å². The van der Waals surface area contributed by atoms with E-state index in [2.05, 4.69) is 22.2 Å². The minimum atomic E-state index is 0.00272. The Bertz CT molecular complexity index is 551. The van der Waals surface area contributed by atoms with Gasteiger partial charge in [-0.05, 0) is 64.3 Å². The van der Waals surface area contributed by atoms with E-state index >= 15 is 0 Å². The van der Waals surface area contributed by atoms with Gasteiger partial charge in [0.05, 0.1) is 5.56 Å². The molecule has 1 heterocycles. The molecule has 2 aliphatic rings. The van der Waals surface area contributed by atoms with E-state index in [1.54, 1.807) is 0 Å². The van der Waals surface area contributed by atoms with Crippen molar-refractivity contribution in [3.8, 4) is 0 Å². The lowest BCUT2D eigenvalue weighted by Crippen LogP contribution is -2.32. The molecular weight excluding hydrogens is 250 g/mol. The number of hydrogen-bond donors (Lipinski definition) is 2. The number of hydrogen-bond acceptors (Lipinski definition) is 3. The van der Waals surface area contributed by atoms with Gasteiger partial charge in [-0.15, -0.1) is 0 Å². The molecule has 0 aliphatic heterocycles. The van der Waals surface area contributed by atoms with Crippen molar-refractivity contribution in [1.82, 2.24) is 15.3 Å². The Balaban J connectivity index is 1.65. The van der Waals surface area contributed by atoms with Crippen molar-refractivity contribution < 1.29 is 0 Å². The summed E-state index contributed by atoms with van der Waals surface area (Å²) in [6.07, 6.45) is 5.67. The Labute approximate surface area is 120 Å². The quantitative estimate of drug-likeness (QED) is 0.887. The van der Waals surface area contributed by atoms with Crippen molar-refractivity contribution in [2.75, 3.05) is 6.54 Å². The summed E-state index contributed by atoms with van der Waals surface area (Å²) in [7, 11) is 0. The molecule has 4 atom stereocenters. The zero-order valence-electron chi connectivity index (χ0n) is 12.7. The molecule has 4 heteroatoms. The fourth-order valence-corrected chi connectivity index (χ4v) is 4.30. The molecular formula is C16H25N3O. The van der Waals surface area contributed by atoms with Gasteiger partial charge < -0.3 is 10.3 Å². The van der Waals surface area contributed by atoms with E-state index in [1.807, 2.05) is 13.8 Å². The molecule has 0 aromatic carbocycles. The molecule has 3 rings (SSSR count). The summed E-state index contributed by atoms with van der Waals surface area (Å²) in [5.41, 5.74) is 1.64. The molecule has 20 heavy (non-hydrogen) atoms. The SMILES string of the molecule is Cc1nc(C)c(C(C)NCC2CC3CCC2C3)c(=O)[nH]1. The van der Waals surface area contributed by atoms with Crippen molar-refractivity contribution >= 4 is 0 Å². The van der Waals surface area contributed by atoms with E-state index in [4.69, 9.17) is 0 Å². The molecule has 4 unspecified atom stereocenters. The Kier molecular flexibility index (Phi) is 3.67. The van der Waals surface area contributed by atoms with Crippen LogP contribution in [0.4, 0.5) is 0 Å². The molecule has 0 saturated heterocycles. The number of H-pyrrole nitrogens is 1. The molecule has 2 N–H and O–H groups in total. The van der Waals surface area contributed by atoms with Crippen molar-refractivity contribution in [2.45, 2.75) is 52.5 Å². The third-order valence-corrected chi connectivity index (χ3v) is 5.27. The number of rotatable bonds is 4. The van der Waals surface area contributed by atoms with Gasteiger partial charge in [0, 0.05) is 11.7 Å². The monoisotopic (exact) mass is 275 g/mol. The number of fused-ring (bicyclic) bond motifs is 2. The maximum atomic E-state index is 12.1. The standard InChI is InChI=1S/C16H25N3O/c1-9(15-10(2)18-11(3)19-16(15)20)17-8-14-7-12-4-5-13(14)6-12/h9,12-14,17H,4-8H2,1-3H3,(H,18,19,20). The van der Waals surface area contributed by atoms with Gasteiger partial charge in [-0.25, -0.2) is 4.98 Å². The molecule has 1 aromatic rings. The summed E-state index contributed by atoms with van der Waals surface area (Å²) in [4.78, 5) is 19.3. The van der Waals surface area contributed by atoms with Crippen LogP contribution in [0.2, 0.25) is 0 Å². The molecule has 2 aliphatic carbocycles. The molecule has 0 amide bonds. The summed E-state index contributed by atoms with van der Waals surface area (Å²) in [6, 6.07) is 0.0750. The number of aromatic nitrogens is 2. The summed E-state index contributed by atoms with van der Waals surface area (Å²) in [5, 5.41) is 3.57. The largest absolute Gasteiger partial charge is 0.310 e. The fraction of sp³-hybridized carbons (Fsp3) is 0.750. The van der Waals surface area contributed by atoms with E-state index in [9.17, 15) is 4.79 Å². The van der Waals surface area contributed by atoms with Crippen LogP contribution < -0.4 is 10.9 Å². The van der Waals surface area contributed by atoms with Crippen LogP contribution in [0.5, 0.6) is 0 Å². The highest BCUT2D eigenvalue weighted by atomic mass is 16.1. The van der Waals surface area contributed by atoms with Gasteiger partial charge in [0.1, 0.15) is 5.82 Å². The molecule has 0 radical (unpaired) electrons. The van der Waals surface area contributed by atoms with Crippen LogP contribution in [0.25, 0.3) is 0 Å². The minimum Gasteiger partial charge on any atom is -0.310 e. The first-order valence-electron chi connectivity index (χ1n) is 7.85. The van der Waals surface area contributed by atoms with Gasteiger partial charge in [0.15, 0.2) is 0 Å². The lowest BCUT2D eigenvalue weighted by atomic mass is 9.88. The van der Waals surface area contributed by atoms with Crippen LogP contribution in [0.1, 0.15) is 55.7 Å². The molecule has 1 aromatic heterocycles. The fourth-order valence-electron chi connectivity index (χ4n) is 4.30. The van der Waals surface area contributed by atoms with Crippen molar-refractivity contribution in [1.29, 1.82) is 0 Å². The molecule has 0 spiro atoms. The molecule has 110 valence electrons. The Hall–Kier alpha value is -1.16. The van der Waals surface area contributed by atoms with Crippen LogP contribution in [-0.4, -0.2) is 16.5 Å². The summed E-state index contributed by atoms with van der Waals surface area (Å²) in [6.45, 7) is 6.86. The Morgan fingerprint density at radius 3 is 2.75 bits per heavy atom. The van der Waals surface area contributed by atoms with Crippen LogP contribution in [0.3, 0.4) is 0 Å². The molecule has 2 fully saturated rings. The van der Waals surface area contributed by atoms with Gasteiger partial charge in [0.2, 0.25) is 0 Å². The predicted molar refractivity (Wildman–Crippen MR) is 79.7 cm³/mol. The lowest BCUT2D eigenvalue weighted by Gasteiger charge is -2.24. The van der Waals surface area contributed by atoms with Crippen molar-refractivity contribution in [3.05, 3.63) is 27.4 Å². The maximum Gasteiger partial charge on any atom is 0.255 e. The van der Waals surface area contributed by atoms with E-state index in [-0.39, 0.29) is 11.6 Å². The van der Waals surface area contributed by atoms with E-state index < -0.39 is 0 Å². The Morgan fingerprint density at radius 2 is 2.15 bits per heavy atom. The second-order valence-corrected chi connectivity index (χ2v) is 6.72. The molecule has 4 nitrogen and oxygen atoms in total. The average molecular weight is 275 g/mol. The normalized spacial score (nSPS) is 29.9. The zero-order chi connectivity index (χ0) is 14.3. The van der Waals surface area contributed by atoms with Crippen molar-refractivity contribution in [3.63, 3.8) is 0 Å². The molecule has 2 saturated carbocycles. The van der Waals surface area contributed by atoms with Crippen molar-refractivity contribution in [2.24, 2.45) is 17.8 Å². The maximum absolute atomic E-state index is 12.1. The third-order valence-electron chi connectivity index (χ3n) is 5.27. The number of nitrogens with one attached hydrogen (secondary N) is 2. The van der Waals surface area contributed by atoms with Gasteiger partial charge in [0.25, 0.3) is 5.56 Å². The van der Waals surface area contributed by atoms with Gasteiger partial charge in [-0.2, -0.15) is 0 Å². The van der Waals surface area contributed by atoms with Crippen LogP contribution in [0, 0.1) is 31.6 Å². The van der Waals surface area contributed by atoms with Crippen LogP contribution >= 0.6 is 0 Å². The topological polar surface area (TPSA) is 57.8 Å². The van der Waals surface area contributed by atoms with Gasteiger partial charge in [-0.3, -0.25) is 4.79 Å². The number of nitrogens with zero attached hydrogens (tertiary/aromatic N) is 1. The zero-order valence-corrected chi connectivity index (χ0v) is 12.7. The second kappa shape index (κ2) is 5.32. The first-order chi connectivity index (χ1) is 9.54. The first-order valence-corrected chi connectivity index (χ1v) is 7.85. The summed E-state index contributed by atoms with van der Waals surface area (Å²) in [5.74, 6) is 3.41. The predicted octanol–water partition coefficient (Wildman–Crippen LogP) is 2.47. The highest BCUT2D eigenvalue weighted by Gasteiger charge is 2.39. The Morgan fingerprint density at radius 1 is 1.35 bits per heavy atom. The summed E-state index contributed by atoms with van der Waals surface area (Å²) >= 11 is 0.